The van der Waals surface area contributed by atoms with Crippen molar-refractivity contribution in [2.45, 2.75) is 11.4 Å². The first-order valence-corrected chi connectivity index (χ1v) is 9.45. The molecule has 3 rings (SSSR count). The van der Waals surface area contributed by atoms with Gasteiger partial charge in [0.2, 0.25) is 5.75 Å². The van der Waals surface area contributed by atoms with Crippen molar-refractivity contribution in [1.29, 1.82) is 0 Å². The van der Waals surface area contributed by atoms with Crippen molar-refractivity contribution in [2.24, 2.45) is 0 Å². The lowest BCUT2D eigenvalue weighted by molar-refractivity contribution is 0.112. The van der Waals surface area contributed by atoms with Crippen LogP contribution in [-0.2, 0) is 6.54 Å². The second-order valence-electron chi connectivity index (χ2n) is 6.01. The molecule has 0 saturated heterocycles. The van der Waals surface area contributed by atoms with Gasteiger partial charge in [0.1, 0.15) is 5.82 Å². The van der Waals surface area contributed by atoms with Gasteiger partial charge in [-0.2, -0.15) is 0 Å². The van der Waals surface area contributed by atoms with Crippen molar-refractivity contribution >= 4 is 30.4 Å². The van der Waals surface area contributed by atoms with Crippen LogP contribution in [0.25, 0.3) is 0 Å². The Kier molecular flexibility index (Phi) is 8.83. The Balaban J connectivity index is 0.000000216. The third kappa shape index (κ3) is 6.05. The van der Waals surface area contributed by atoms with Gasteiger partial charge in [0.25, 0.3) is 0 Å². The third-order valence-electron chi connectivity index (χ3n) is 4.09. The first-order valence-electron chi connectivity index (χ1n) is 9.00. The van der Waals surface area contributed by atoms with Gasteiger partial charge in [0.15, 0.2) is 17.8 Å². The number of thiol groups is 1. The average molecular weight is 428 g/mol. The molecular formula is C22H25N3O4S. The van der Waals surface area contributed by atoms with Crippen LogP contribution in [0.1, 0.15) is 15.9 Å². The second-order valence-corrected chi connectivity index (χ2v) is 6.49. The minimum absolute atomic E-state index is 0.391. The summed E-state index contributed by atoms with van der Waals surface area (Å²) < 4.78 is 15.2. The summed E-state index contributed by atoms with van der Waals surface area (Å²) in [6.07, 6.45) is 2.45. The lowest BCUT2D eigenvalue weighted by atomic mass is 10.2. The highest BCUT2D eigenvalue weighted by molar-refractivity contribution is 7.80. The molecule has 1 heterocycles. The summed E-state index contributed by atoms with van der Waals surface area (Å²) in [4.78, 5) is 15.7. The smallest absolute Gasteiger partial charge is 0.204 e. The molecule has 0 fully saturated rings. The highest BCUT2D eigenvalue weighted by atomic mass is 32.1. The number of pyridine rings is 1. The van der Waals surface area contributed by atoms with E-state index >= 15 is 0 Å². The van der Waals surface area contributed by atoms with Gasteiger partial charge in [-0.1, -0.05) is 12.1 Å². The molecule has 0 atom stereocenters. The first kappa shape index (κ1) is 22.9. The van der Waals surface area contributed by atoms with Crippen LogP contribution in [-0.4, -0.2) is 32.6 Å². The molecule has 0 aliphatic rings. The highest BCUT2D eigenvalue weighted by Gasteiger charge is 2.14. The van der Waals surface area contributed by atoms with E-state index in [1.165, 1.54) is 21.3 Å². The number of hydrogen-bond acceptors (Lipinski definition) is 8. The number of carbonyl (C=O) groups excluding carboxylic acids is 1. The Morgan fingerprint density at radius 1 is 1.00 bits per heavy atom. The fourth-order valence-electron chi connectivity index (χ4n) is 2.57. The number of rotatable bonds is 7. The number of nitrogens with zero attached hydrogens (tertiary/aromatic N) is 1. The molecule has 3 N–H and O–H groups in total. The molecule has 30 heavy (non-hydrogen) atoms. The molecule has 0 radical (unpaired) electrons. The van der Waals surface area contributed by atoms with Crippen molar-refractivity contribution in [3.8, 4) is 17.2 Å². The number of ether oxygens (including phenoxy) is 3. The summed E-state index contributed by atoms with van der Waals surface area (Å²) in [6.45, 7) is 0.713. The van der Waals surface area contributed by atoms with E-state index in [1.807, 2.05) is 36.4 Å². The lowest BCUT2D eigenvalue weighted by Crippen LogP contribution is -2.01. The highest BCUT2D eigenvalue weighted by Crippen LogP contribution is 2.38. The van der Waals surface area contributed by atoms with Gasteiger partial charge >= 0.3 is 0 Å². The van der Waals surface area contributed by atoms with E-state index in [4.69, 9.17) is 19.9 Å². The normalized spacial score (nSPS) is 9.73. The van der Waals surface area contributed by atoms with Crippen LogP contribution in [0.3, 0.4) is 0 Å². The van der Waals surface area contributed by atoms with Crippen molar-refractivity contribution in [1.82, 2.24) is 4.98 Å². The molecule has 2 aromatic carbocycles. The molecule has 0 amide bonds. The number of carbonyl (C=O) groups is 1. The lowest BCUT2D eigenvalue weighted by Gasteiger charge is -2.12. The van der Waals surface area contributed by atoms with Gasteiger partial charge in [-0.25, -0.2) is 4.98 Å². The van der Waals surface area contributed by atoms with E-state index in [1.54, 1.807) is 18.3 Å². The Morgan fingerprint density at radius 2 is 1.70 bits per heavy atom. The number of nitrogen functional groups attached to an aromatic ring is 1. The van der Waals surface area contributed by atoms with Crippen molar-refractivity contribution in [3.63, 3.8) is 0 Å². The Bertz CT molecular complexity index is 965. The number of methoxy groups -OCH3 is 3. The summed E-state index contributed by atoms with van der Waals surface area (Å²) in [6, 6.07) is 14.8. The summed E-state index contributed by atoms with van der Waals surface area (Å²) in [5.41, 5.74) is 7.98. The summed E-state index contributed by atoms with van der Waals surface area (Å²) in [5, 5.41) is 3.22. The number of aldehydes is 1. The molecule has 7 nitrogen and oxygen atoms in total. The molecule has 8 heteroatoms. The van der Waals surface area contributed by atoms with Crippen molar-refractivity contribution in [2.75, 3.05) is 32.4 Å². The zero-order valence-electron chi connectivity index (χ0n) is 17.1. The molecule has 1 aromatic heterocycles. The maximum absolute atomic E-state index is 10.7. The Hall–Kier alpha value is -3.39. The van der Waals surface area contributed by atoms with Gasteiger partial charge < -0.3 is 25.3 Å². The maximum Gasteiger partial charge on any atom is 0.204 e. The molecule has 0 bridgehead atoms. The number of nitrogens with two attached hydrogens (primary N) is 1. The predicted molar refractivity (Wildman–Crippen MR) is 121 cm³/mol. The fraction of sp³-hybridized carbons (Fsp3) is 0.182. The second kappa shape index (κ2) is 11.6. The molecule has 0 spiro atoms. The Morgan fingerprint density at radius 3 is 2.27 bits per heavy atom. The van der Waals surface area contributed by atoms with E-state index in [2.05, 4.69) is 22.9 Å². The van der Waals surface area contributed by atoms with Crippen molar-refractivity contribution in [3.05, 3.63) is 65.9 Å². The predicted octanol–water partition coefficient (Wildman–Crippen LogP) is 4.09. The SMILES string of the molecule is COc1ccc(C=O)c(OC)c1OC.Nc1ccc(CNc2ncccc2S)cc1. The first-order chi connectivity index (χ1) is 14.5. The minimum Gasteiger partial charge on any atom is -0.493 e. The average Bonchev–Trinajstić information content (AvgIpc) is 2.78. The zero-order valence-corrected chi connectivity index (χ0v) is 18.0. The number of aromatic nitrogens is 1. The minimum atomic E-state index is 0.391. The molecular weight excluding hydrogens is 402 g/mol. The molecule has 158 valence electrons. The fourth-order valence-corrected chi connectivity index (χ4v) is 2.79. The van der Waals surface area contributed by atoms with Crippen LogP contribution in [0.5, 0.6) is 17.2 Å². The third-order valence-corrected chi connectivity index (χ3v) is 4.45. The number of hydrogen-bond donors (Lipinski definition) is 3. The van der Waals surface area contributed by atoms with E-state index < -0.39 is 0 Å². The van der Waals surface area contributed by atoms with Crippen LogP contribution < -0.4 is 25.3 Å². The van der Waals surface area contributed by atoms with Gasteiger partial charge in [0.05, 0.1) is 26.9 Å². The maximum atomic E-state index is 10.7. The van der Waals surface area contributed by atoms with Crippen LogP contribution >= 0.6 is 12.6 Å². The van der Waals surface area contributed by atoms with E-state index in [-0.39, 0.29) is 0 Å². The number of nitrogens with one attached hydrogen (secondary N) is 1. The molecule has 0 unspecified atom stereocenters. The van der Waals surface area contributed by atoms with Gasteiger partial charge in [0, 0.05) is 23.3 Å². The van der Waals surface area contributed by atoms with Gasteiger partial charge in [-0.3, -0.25) is 4.79 Å². The number of anilines is 2. The van der Waals surface area contributed by atoms with Crippen LogP contribution in [0.4, 0.5) is 11.5 Å². The summed E-state index contributed by atoms with van der Waals surface area (Å²) in [5.74, 6) is 2.15. The summed E-state index contributed by atoms with van der Waals surface area (Å²) >= 11 is 4.32. The monoisotopic (exact) mass is 427 g/mol. The van der Waals surface area contributed by atoms with Crippen LogP contribution in [0, 0.1) is 0 Å². The Labute approximate surface area is 181 Å². The van der Waals surface area contributed by atoms with E-state index in [0.29, 0.717) is 35.6 Å². The van der Waals surface area contributed by atoms with Crippen LogP contribution in [0.2, 0.25) is 0 Å². The summed E-state index contributed by atoms with van der Waals surface area (Å²) in [7, 11) is 4.50. The molecule has 0 aliphatic carbocycles. The largest absolute Gasteiger partial charge is 0.493 e. The van der Waals surface area contributed by atoms with Crippen molar-refractivity contribution < 1.29 is 19.0 Å². The quantitative estimate of drug-likeness (QED) is 0.297. The molecule has 0 aliphatic heterocycles. The zero-order chi connectivity index (χ0) is 21.9. The molecule has 3 aromatic rings. The van der Waals surface area contributed by atoms with Gasteiger partial charge in [-0.05, 0) is 42.0 Å². The van der Waals surface area contributed by atoms with Gasteiger partial charge in [-0.15, -0.1) is 12.6 Å². The van der Waals surface area contributed by atoms with Crippen LogP contribution in [0.15, 0.2) is 59.6 Å². The number of benzene rings is 2. The molecule has 0 saturated carbocycles. The van der Waals surface area contributed by atoms with E-state index in [9.17, 15) is 4.79 Å². The topological polar surface area (TPSA) is 95.7 Å². The standard InChI is InChI=1S/C12H13N3S.C10H12O4/c13-10-5-3-9(4-6-10)8-15-12-11(16)2-1-7-14-12;1-12-8-5-4-7(6-11)9(13-2)10(8)14-3/h1-7,16H,8,13H2,(H,14,15);4-6H,1-3H3. The van der Waals surface area contributed by atoms with E-state index in [0.717, 1.165) is 22.0 Å².